The van der Waals surface area contributed by atoms with Crippen molar-refractivity contribution >= 4 is 45.8 Å². The maximum atomic E-state index is 14.3. The summed E-state index contributed by atoms with van der Waals surface area (Å²) in [6.07, 6.45) is 1.39. The third-order valence-electron chi connectivity index (χ3n) is 5.07. The number of pyridine rings is 1. The van der Waals surface area contributed by atoms with Crippen molar-refractivity contribution in [3.8, 4) is 6.07 Å². The summed E-state index contributed by atoms with van der Waals surface area (Å²) in [5, 5.41) is 9.71. The molecule has 2 aliphatic rings. The summed E-state index contributed by atoms with van der Waals surface area (Å²) < 4.78 is 14.3. The Kier molecular flexibility index (Phi) is 4.29. The fraction of sp³-hybridized carbons (Fsp3) is 0.438. The normalized spacial score (nSPS) is 19.9. The first-order chi connectivity index (χ1) is 12.8. The summed E-state index contributed by atoms with van der Waals surface area (Å²) in [7, 11) is 1.74. The van der Waals surface area contributed by atoms with Gasteiger partial charge in [-0.25, -0.2) is 14.4 Å². The van der Waals surface area contributed by atoms with Crippen molar-refractivity contribution in [2.24, 2.45) is 0 Å². The average molecular weight is 410 g/mol. The van der Waals surface area contributed by atoms with Crippen LogP contribution in [0, 0.1) is 17.1 Å². The molecule has 0 aromatic carbocycles. The molecule has 2 aromatic heterocycles. The minimum atomic E-state index is -0.806. The van der Waals surface area contributed by atoms with E-state index in [2.05, 4.69) is 21.0 Å². The molecule has 2 aliphatic heterocycles. The van der Waals surface area contributed by atoms with Crippen LogP contribution in [0.3, 0.4) is 0 Å². The number of likely N-dealkylation sites (N-methyl/N-ethyl adjacent to an activating group) is 1. The van der Waals surface area contributed by atoms with E-state index in [1.807, 2.05) is 4.90 Å². The Hall–Kier alpha value is -2.28. The van der Waals surface area contributed by atoms with Gasteiger partial charge in [0.05, 0.1) is 31.1 Å². The summed E-state index contributed by atoms with van der Waals surface area (Å²) in [5.74, 6) is -0.401. The van der Waals surface area contributed by atoms with Gasteiger partial charge in [-0.15, -0.1) is 0 Å². The smallest absolute Gasteiger partial charge is 0.236 e. The lowest BCUT2D eigenvalue weighted by Gasteiger charge is -2.53. The van der Waals surface area contributed by atoms with Gasteiger partial charge in [0.1, 0.15) is 16.9 Å². The van der Waals surface area contributed by atoms with Crippen LogP contribution < -0.4 is 4.90 Å². The highest BCUT2D eigenvalue weighted by Crippen LogP contribution is 2.36. The third-order valence-corrected chi connectivity index (χ3v) is 5.50. The molecule has 1 amide bonds. The molecule has 2 saturated heterocycles. The fourth-order valence-electron chi connectivity index (χ4n) is 3.43. The number of nitriles is 1. The van der Waals surface area contributed by atoms with E-state index in [1.54, 1.807) is 16.8 Å². The van der Waals surface area contributed by atoms with Gasteiger partial charge in [0.2, 0.25) is 11.2 Å². The Labute approximate surface area is 164 Å². The van der Waals surface area contributed by atoms with Crippen LogP contribution in [0.25, 0.3) is 10.9 Å². The summed E-state index contributed by atoms with van der Waals surface area (Å²) in [6, 6.07) is 2.33. The molecular formula is C16H14Cl2FN7O. The molecule has 0 saturated carbocycles. The van der Waals surface area contributed by atoms with E-state index in [1.165, 1.54) is 6.20 Å². The number of piperazine rings is 1. The Morgan fingerprint density at radius 1 is 1.30 bits per heavy atom. The molecule has 8 nitrogen and oxygen atoms in total. The van der Waals surface area contributed by atoms with Crippen molar-refractivity contribution in [2.75, 3.05) is 44.7 Å². The highest BCUT2D eigenvalue weighted by molar-refractivity contribution is 6.30. The van der Waals surface area contributed by atoms with Gasteiger partial charge in [0, 0.05) is 26.3 Å². The van der Waals surface area contributed by atoms with Gasteiger partial charge in [-0.2, -0.15) is 10.2 Å². The third kappa shape index (κ3) is 2.84. The van der Waals surface area contributed by atoms with Gasteiger partial charge in [0.25, 0.3) is 0 Å². The van der Waals surface area contributed by atoms with Crippen LogP contribution in [0.2, 0.25) is 10.4 Å². The molecule has 2 aromatic rings. The zero-order valence-corrected chi connectivity index (χ0v) is 15.8. The number of anilines is 1. The second-order valence-electron chi connectivity index (χ2n) is 6.68. The number of hydrogen-bond donors (Lipinski definition) is 0. The second-order valence-corrected chi connectivity index (χ2v) is 7.37. The molecule has 0 aliphatic carbocycles. The van der Waals surface area contributed by atoms with Gasteiger partial charge < -0.3 is 9.80 Å². The Morgan fingerprint density at radius 3 is 2.70 bits per heavy atom. The minimum absolute atomic E-state index is 0.0192. The van der Waals surface area contributed by atoms with Gasteiger partial charge >= 0.3 is 0 Å². The molecular weight excluding hydrogens is 396 g/mol. The van der Waals surface area contributed by atoms with Crippen LogP contribution in [-0.4, -0.2) is 76.0 Å². The zero-order chi connectivity index (χ0) is 19.3. The molecule has 0 unspecified atom stereocenters. The van der Waals surface area contributed by atoms with Crippen molar-refractivity contribution in [3.05, 3.63) is 22.5 Å². The van der Waals surface area contributed by atoms with Crippen molar-refractivity contribution in [2.45, 2.75) is 5.54 Å². The van der Waals surface area contributed by atoms with E-state index in [9.17, 15) is 14.4 Å². The highest BCUT2D eigenvalue weighted by atomic mass is 35.5. The predicted octanol–water partition coefficient (Wildman–Crippen LogP) is 1.33. The lowest BCUT2D eigenvalue weighted by Crippen LogP contribution is -2.72. The van der Waals surface area contributed by atoms with Crippen LogP contribution in [0.4, 0.5) is 10.2 Å². The summed E-state index contributed by atoms with van der Waals surface area (Å²) >= 11 is 11.7. The molecule has 4 heterocycles. The molecule has 2 fully saturated rings. The number of hydrogen-bond acceptors (Lipinski definition) is 7. The number of aromatic nitrogens is 3. The number of amides is 1. The Morgan fingerprint density at radius 2 is 2.04 bits per heavy atom. The summed E-state index contributed by atoms with van der Waals surface area (Å²) in [4.78, 5) is 29.3. The topological polar surface area (TPSA) is 89.2 Å². The van der Waals surface area contributed by atoms with Crippen LogP contribution >= 0.6 is 23.2 Å². The van der Waals surface area contributed by atoms with Crippen LogP contribution in [0.15, 0.2) is 6.20 Å². The molecule has 27 heavy (non-hydrogen) atoms. The molecule has 11 heteroatoms. The lowest BCUT2D eigenvalue weighted by atomic mass is 9.88. The maximum Gasteiger partial charge on any atom is 0.236 e. The van der Waals surface area contributed by atoms with Crippen LogP contribution in [0.1, 0.15) is 0 Å². The van der Waals surface area contributed by atoms with Crippen molar-refractivity contribution in [1.29, 1.82) is 5.26 Å². The van der Waals surface area contributed by atoms with Crippen molar-refractivity contribution in [3.63, 3.8) is 0 Å². The molecule has 0 spiro atoms. The first kappa shape index (κ1) is 18.1. The number of nitrogens with zero attached hydrogens (tertiary/aromatic N) is 7. The second kappa shape index (κ2) is 6.41. The number of fused-ring (bicyclic) bond motifs is 1. The monoisotopic (exact) mass is 409 g/mol. The van der Waals surface area contributed by atoms with Gasteiger partial charge in [0.15, 0.2) is 11.0 Å². The average Bonchev–Trinajstić information content (AvgIpc) is 2.61. The summed E-state index contributed by atoms with van der Waals surface area (Å²) in [5.41, 5.74) is -0.826. The van der Waals surface area contributed by atoms with E-state index in [4.69, 9.17) is 23.2 Å². The standard InChI is InChI=1S/C16H14Cl2FN7O/c1-24-2-3-26(5-10(24)27)16(6-20)7-25(8-16)14-9-4-21-13(17)11(19)12(9)22-15(18)23-14/h4H,2-3,5,7-8H2,1H3. The quantitative estimate of drug-likeness (QED) is 0.545. The predicted molar refractivity (Wildman–Crippen MR) is 97.1 cm³/mol. The van der Waals surface area contributed by atoms with E-state index < -0.39 is 11.4 Å². The molecule has 0 radical (unpaired) electrons. The number of carbonyl (C=O) groups is 1. The number of carbonyl (C=O) groups excluding carboxylic acids is 1. The van der Waals surface area contributed by atoms with E-state index in [-0.39, 0.29) is 28.4 Å². The van der Waals surface area contributed by atoms with Crippen LogP contribution in [-0.2, 0) is 4.79 Å². The Balaban J connectivity index is 1.65. The largest absolute Gasteiger partial charge is 0.350 e. The van der Waals surface area contributed by atoms with Crippen molar-refractivity contribution in [1.82, 2.24) is 24.8 Å². The molecule has 140 valence electrons. The summed E-state index contributed by atoms with van der Waals surface area (Å²) in [6.45, 7) is 1.99. The molecule has 4 rings (SSSR count). The zero-order valence-electron chi connectivity index (χ0n) is 14.3. The van der Waals surface area contributed by atoms with E-state index in [0.717, 1.165) is 0 Å². The minimum Gasteiger partial charge on any atom is -0.350 e. The highest BCUT2D eigenvalue weighted by Gasteiger charge is 2.50. The van der Waals surface area contributed by atoms with E-state index in [0.29, 0.717) is 37.4 Å². The van der Waals surface area contributed by atoms with Crippen LogP contribution in [0.5, 0.6) is 0 Å². The Bertz CT molecular complexity index is 989. The lowest BCUT2D eigenvalue weighted by molar-refractivity contribution is -0.136. The first-order valence-corrected chi connectivity index (χ1v) is 8.93. The molecule has 0 atom stereocenters. The first-order valence-electron chi connectivity index (χ1n) is 8.17. The SMILES string of the molecule is CN1CCN(C2(C#N)CN(c3nc(Cl)nc4c(F)c(Cl)ncc34)C2)CC1=O. The van der Waals surface area contributed by atoms with Gasteiger partial charge in [-0.1, -0.05) is 11.6 Å². The maximum absolute atomic E-state index is 14.3. The van der Waals surface area contributed by atoms with E-state index >= 15 is 0 Å². The number of rotatable bonds is 2. The number of halogens is 3. The van der Waals surface area contributed by atoms with Gasteiger partial charge in [-0.3, -0.25) is 9.69 Å². The molecule has 0 N–H and O–H groups in total. The van der Waals surface area contributed by atoms with Crippen molar-refractivity contribution < 1.29 is 9.18 Å². The van der Waals surface area contributed by atoms with Gasteiger partial charge in [-0.05, 0) is 11.6 Å². The fourth-order valence-corrected chi connectivity index (χ4v) is 3.74. The molecule has 0 bridgehead atoms.